The molecule has 2 N–H and O–H groups in total. The summed E-state index contributed by atoms with van der Waals surface area (Å²) >= 11 is 1.62. The minimum Gasteiger partial charge on any atom is -0.399 e. The number of anilines is 1. The minimum absolute atomic E-state index is 0.0493. The highest BCUT2D eigenvalue weighted by Crippen LogP contribution is 2.21. The average molecular weight is 288 g/mol. The van der Waals surface area contributed by atoms with Crippen LogP contribution in [0.3, 0.4) is 0 Å². The lowest BCUT2D eigenvalue weighted by Gasteiger charge is -2.24. The molecule has 0 saturated heterocycles. The first-order valence-electron chi connectivity index (χ1n) is 5.63. The molecular weight excluding hydrogens is 268 g/mol. The van der Waals surface area contributed by atoms with Crippen LogP contribution in [0.15, 0.2) is 23.1 Å². The van der Waals surface area contributed by atoms with E-state index < -0.39 is 10.0 Å². The Morgan fingerprint density at radius 2 is 2.00 bits per heavy atom. The van der Waals surface area contributed by atoms with E-state index in [1.807, 2.05) is 20.1 Å². The summed E-state index contributed by atoms with van der Waals surface area (Å²) in [6, 6.07) is 4.86. The molecule has 0 radical (unpaired) electrons. The first-order chi connectivity index (χ1) is 8.28. The molecule has 1 unspecified atom stereocenters. The summed E-state index contributed by atoms with van der Waals surface area (Å²) in [6.07, 6.45) is 1.96. The Morgan fingerprint density at radius 3 is 2.50 bits per heavy atom. The van der Waals surface area contributed by atoms with Gasteiger partial charge in [-0.25, -0.2) is 8.42 Å². The molecule has 4 nitrogen and oxygen atoms in total. The lowest BCUT2D eigenvalue weighted by Crippen LogP contribution is -2.36. The van der Waals surface area contributed by atoms with Crippen LogP contribution in [-0.2, 0) is 10.0 Å². The first kappa shape index (κ1) is 15.3. The van der Waals surface area contributed by atoms with Gasteiger partial charge in [0.25, 0.3) is 0 Å². The van der Waals surface area contributed by atoms with Crippen LogP contribution in [0.4, 0.5) is 5.69 Å². The number of nitrogen functional groups attached to an aromatic ring is 1. The normalized spacial score (nSPS) is 13.8. The van der Waals surface area contributed by atoms with E-state index in [9.17, 15) is 8.42 Å². The Bertz CT molecular complexity index is 495. The maximum absolute atomic E-state index is 12.4. The van der Waals surface area contributed by atoms with Crippen LogP contribution in [0.25, 0.3) is 0 Å². The van der Waals surface area contributed by atoms with E-state index in [1.54, 1.807) is 30.9 Å². The molecule has 1 aromatic carbocycles. The zero-order valence-corrected chi connectivity index (χ0v) is 12.8. The van der Waals surface area contributed by atoms with E-state index >= 15 is 0 Å². The fourth-order valence-corrected chi connectivity index (χ4v) is 3.98. The molecular formula is C12H20N2O2S2. The van der Waals surface area contributed by atoms with E-state index in [1.165, 1.54) is 10.4 Å². The number of thioether (sulfide) groups is 1. The fraction of sp³-hybridized carbons (Fsp3) is 0.500. The van der Waals surface area contributed by atoms with Gasteiger partial charge < -0.3 is 5.73 Å². The molecule has 0 saturated carbocycles. The highest BCUT2D eigenvalue weighted by Gasteiger charge is 2.25. The predicted molar refractivity (Wildman–Crippen MR) is 78.4 cm³/mol. The molecule has 0 amide bonds. The van der Waals surface area contributed by atoms with Crippen LogP contribution in [-0.4, -0.2) is 37.8 Å². The summed E-state index contributed by atoms with van der Waals surface area (Å²) in [5.41, 5.74) is 7.02. The highest BCUT2D eigenvalue weighted by molar-refractivity contribution is 7.98. The Labute approximate surface area is 114 Å². The van der Waals surface area contributed by atoms with Crippen molar-refractivity contribution in [1.29, 1.82) is 0 Å². The number of rotatable bonds is 5. The molecule has 0 heterocycles. The third-order valence-electron chi connectivity index (χ3n) is 2.78. The van der Waals surface area contributed by atoms with Crippen molar-refractivity contribution in [3.8, 4) is 0 Å². The number of nitrogens with zero attached hydrogens (tertiary/aromatic N) is 1. The Kier molecular flexibility index (Phi) is 5.07. The van der Waals surface area contributed by atoms with Gasteiger partial charge in [-0.05, 0) is 43.9 Å². The average Bonchev–Trinajstić information content (AvgIpc) is 2.27. The monoisotopic (exact) mass is 288 g/mol. The summed E-state index contributed by atoms with van der Waals surface area (Å²) in [5, 5.41) is 0. The zero-order chi connectivity index (χ0) is 13.9. The van der Waals surface area contributed by atoms with Crippen molar-refractivity contribution in [3.63, 3.8) is 0 Å². The van der Waals surface area contributed by atoms with Crippen molar-refractivity contribution in [2.75, 3.05) is 24.8 Å². The van der Waals surface area contributed by atoms with Gasteiger partial charge in [0.1, 0.15) is 0 Å². The molecule has 102 valence electrons. The second-order valence-electron chi connectivity index (χ2n) is 4.41. The van der Waals surface area contributed by atoms with Gasteiger partial charge in [0.05, 0.1) is 4.90 Å². The molecule has 6 heteroatoms. The number of sulfonamides is 1. The number of hydrogen-bond donors (Lipinski definition) is 1. The summed E-state index contributed by atoms with van der Waals surface area (Å²) in [6.45, 7) is 3.73. The zero-order valence-electron chi connectivity index (χ0n) is 11.2. The van der Waals surface area contributed by atoms with Crippen LogP contribution in [0, 0.1) is 6.92 Å². The minimum atomic E-state index is -3.47. The highest BCUT2D eigenvalue weighted by atomic mass is 32.2. The molecule has 0 spiro atoms. The first-order valence-corrected chi connectivity index (χ1v) is 8.46. The van der Waals surface area contributed by atoms with Gasteiger partial charge in [-0.3, -0.25) is 0 Å². The maximum atomic E-state index is 12.4. The van der Waals surface area contributed by atoms with E-state index in [0.29, 0.717) is 5.69 Å². The number of hydrogen-bond acceptors (Lipinski definition) is 4. The second-order valence-corrected chi connectivity index (χ2v) is 7.31. The molecule has 0 aromatic heterocycles. The van der Waals surface area contributed by atoms with Gasteiger partial charge in [0.2, 0.25) is 10.0 Å². The third-order valence-corrected chi connectivity index (χ3v) is 5.54. The van der Waals surface area contributed by atoms with Gasteiger partial charge in [-0.15, -0.1) is 0 Å². The van der Waals surface area contributed by atoms with Crippen LogP contribution in [0.1, 0.15) is 12.5 Å². The summed E-state index contributed by atoms with van der Waals surface area (Å²) in [4.78, 5) is 0.260. The summed E-state index contributed by atoms with van der Waals surface area (Å²) in [5.74, 6) is 0.761. The SMILES string of the molecule is CSCC(C)N(C)S(=O)(=O)c1cc(C)cc(N)c1. The van der Waals surface area contributed by atoms with Gasteiger partial charge in [-0.1, -0.05) is 0 Å². The van der Waals surface area contributed by atoms with Crippen molar-refractivity contribution in [1.82, 2.24) is 4.31 Å². The van der Waals surface area contributed by atoms with E-state index in [-0.39, 0.29) is 10.9 Å². The van der Waals surface area contributed by atoms with Gasteiger partial charge in [-0.2, -0.15) is 16.1 Å². The van der Waals surface area contributed by atoms with Crippen LogP contribution in [0.5, 0.6) is 0 Å². The second kappa shape index (κ2) is 5.95. The quantitative estimate of drug-likeness (QED) is 0.841. The van der Waals surface area contributed by atoms with Crippen LogP contribution in [0.2, 0.25) is 0 Å². The standard InChI is InChI=1S/C12H20N2O2S2/c1-9-5-11(13)7-12(6-9)18(15,16)14(3)10(2)8-17-4/h5-7,10H,8,13H2,1-4H3. The number of aryl methyl sites for hydroxylation is 1. The Balaban J connectivity index is 3.13. The van der Waals surface area contributed by atoms with E-state index in [2.05, 4.69) is 0 Å². The number of nitrogens with two attached hydrogens (primary N) is 1. The topological polar surface area (TPSA) is 63.4 Å². The molecule has 0 aliphatic heterocycles. The Morgan fingerprint density at radius 1 is 1.39 bits per heavy atom. The van der Waals surface area contributed by atoms with Gasteiger partial charge >= 0.3 is 0 Å². The maximum Gasteiger partial charge on any atom is 0.243 e. The van der Waals surface area contributed by atoms with E-state index in [0.717, 1.165) is 11.3 Å². The lowest BCUT2D eigenvalue weighted by atomic mass is 10.2. The lowest BCUT2D eigenvalue weighted by molar-refractivity contribution is 0.415. The Hall–Kier alpha value is -0.720. The number of benzene rings is 1. The van der Waals surface area contributed by atoms with Crippen molar-refractivity contribution < 1.29 is 8.42 Å². The molecule has 0 aliphatic carbocycles. The molecule has 0 aliphatic rings. The van der Waals surface area contributed by atoms with Crippen LogP contribution >= 0.6 is 11.8 Å². The fourth-order valence-electron chi connectivity index (χ4n) is 1.67. The van der Waals surface area contributed by atoms with Crippen molar-refractivity contribution in [2.24, 2.45) is 0 Å². The molecule has 0 fully saturated rings. The van der Waals surface area contributed by atoms with Gasteiger partial charge in [0, 0.05) is 24.5 Å². The summed E-state index contributed by atoms with van der Waals surface area (Å²) in [7, 11) is -1.86. The van der Waals surface area contributed by atoms with Crippen molar-refractivity contribution in [3.05, 3.63) is 23.8 Å². The molecule has 1 atom stereocenters. The molecule has 18 heavy (non-hydrogen) atoms. The van der Waals surface area contributed by atoms with Crippen molar-refractivity contribution in [2.45, 2.75) is 24.8 Å². The predicted octanol–water partition coefficient (Wildman–Crippen LogP) is 1.95. The molecule has 1 rings (SSSR count). The van der Waals surface area contributed by atoms with Crippen molar-refractivity contribution >= 4 is 27.5 Å². The molecule has 0 bridgehead atoms. The van der Waals surface area contributed by atoms with E-state index in [4.69, 9.17) is 5.73 Å². The third kappa shape index (κ3) is 3.40. The summed E-state index contributed by atoms with van der Waals surface area (Å²) < 4.78 is 26.2. The smallest absolute Gasteiger partial charge is 0.243 e. The van der Waals surface area contributed by atoms with Gasteiger partial charge in [0.15, 0.2) is 0 Å². The van der Waals surface area contributed by atoms with Crippen LogP contribution < -0.4 is 5.73 Å². The molecule has 1 aromatic rings. The largest absolute Gasteiger partial charge is 0.399 e.